The molecule has 1 unspecified atom stereocenters. The number of aromatic nitrogens is 4. The van der Waals surface area contributed by atoms with Gasteiger partial charge in [0.1, 0.15) is 0 Å². The second kappa shape index (κ2) is 5.57. The number of tetrazole rings is 1. The van der Waals surface area contributed by atoms with E-state index in [1.54, 1.807) is 16.8 Å². The van der Waals surface area contributed by atoms with Crippen molar-refractivity contribution in [3.8, 4) is 11.4 Å². The topological polar surface area (TPSA) is 69.6 Å². The van der Waals surface area contributed by atoms with Gasteiger partial charge in [-0.1, -0.05) is 32.4 Å². The Morgan fingerprint density at radius 2 is 2.05 bits per heavy atom. The molecule has 0 fully saturated rings. The smallest absolute Gasteiger partial charge is 0.184 e. The van der Waals surface area contributed by atoms with Crippen LogP contribution in [0.2, 0.25) is 5.02 Å². The van der Waals surface area contributed by atoms with Crippen molar-refractivity contribution in [3.05, 3.63) is 23.2 Å². The molecule has 5 nitrogen and oxygen atoms in total. The van der Waals surface area contributed by atoms with Crippen LogP contribution in [0.3, 0.4) is 0 Å². The molecule has 1 atom stereocenters. The number of anilines is 1. The summed E-state index contributed by atoms with van der Waals surface area (Å²) in [4.78, 5) is 0. The van der Waals surface area contributed by atoms with Gasteiger partial charge in [-0.05, 0) is 40.5 Å². The maximum atomic E-state index is 5.98. The number of rotatable bonds is 4. The third-order valence-corrected chi connectivity index (χ3v) is 3.62. The number of benzene rings is 1. The lowest BCUT2D eigenvalue weighted by Crippen LogP contribution is -2.15. The lowest BCUT2D eigenvalue weighted by molar-refractivity contribution is 0.347. The molecule has 102 valence electrons. The second-order valence-corrected chi connectivity index (χ2v) is 5.57. The lowest BCUT2D eigenvalue weighted by Gasteiger charge is -2.16. The number of nitrogens with zero attached hydrogens (tertiary/aromatic N) is 4. The summed E-state index contributed by atoms with van der Waals surface area (Å²) in [6.07, 6.45) is 0. The van der Waals surface area contributed by atoms with Crippen molar-refractivity contribution in [1.82, 2.24) is 20.2 Å². The molecule has 0 aliphatic heterocycles. The third-order valence-electron chi connectivity index (χ3n) is 3.39. The predicted octanol–water partition coefficient (Wildman–Crippen LogP) is 2.87. The molecule has 0 radical (unpaired) electrons. The van der Waals surface area contributed by atoms with Gasteiger partial charge < -0.3 is 5.73 Å². The summed E-state index contributed by atoms with van der Waals surface area (Å²) in [6.45, 7) is 7.32. The summed E-state index contributed by atoms with van der Waals surface area (Å²) >= 11 is 5.91. The standard InChI is InChI=1S/C13H18ClN5/c1-8(2)9(3)7-19-13(16-17-18-19)11-5-4-10(14)6-12(11)15/h4-6,8-9H,7,15H2,1-3H3. The highest BCUT2D eigenvalue weighted by Gasteiger charge is 2.15. The Morgan fingerprint density at radius 3 is 2.68 bits per heavy atom. The minimum atomic E-state index is 0.482. The van der Waals surface area contributed by atoms with Crippen molar-refractivity contribution in [3.63, 3.8) is 0 Å². The Kier molecular flexibility index (Phi) is 4.04. The molecule has 0 amide bonds. The van der Waals surface area contributed by atoms with Crippen LogP contribution in [0.5, 0.6) is 0 Å². The molecule has 6 heteroatoms. The van der Waals surface area contributed by atoms with Crippen LogP contribution in [-0.4, -0.2) is 20.2 Å². The fourth-order valence-corrected chi connectivity index (χ4v) is 1.92. The number of hydrogen-bond donors (Lipinski definition) is 1. The van der Waals surface area contributed by atoms with Crippen molar-refractivity contribution >= 4 is 17.3 Å². The van der Waals surface area contributed by atoms with E-state index < -0.39 is 0 Å². The summed E-state index contributed by atoms with van der Waals surface area (Å²) < 4.78 is 1.80. The molecule has 0 spiro atoms. The molecule has 2 aromatic rings. The van der Waals surface area contributed by atoms with Crippen LogP contribution in [0.25, 0.3) is 11.4 Å². The summed E-state index contributed by atoms with van der Waals surface area (Å²) in [5, 5.41) is 12.5. The molecule has 2 N–H and O–H groups in total. The Morgan fingerprint density at radius 1 is 1.32 bits per heavy atom. The van der Waals surface area contributed by atoms with E-state index in [-0.39, 0.29) is 0 Å². The molecule has 1 aromatic carbocycles. The van der Waals surface area contributed by atoms with Crippen LogP contribution < -0.4 is 5.73 Å². The first kappa shape index (κ1) is 13.8. The van der Waals surface area contributed by atoms with E-state index >= 15 is 0 Å². The maximum Gasteiger partial charge on any atom is 0.184 e. The molecule has 0 bridgehead atoms. The zero-order valence-electron chi connectivity index (χ0n) is 11.3. The van der Waals surface area contributed by atoms with Crippen LogP contribution in [0.15, 0.2) is 18.2 Å². The van der Waals surface area contributed by atoms with Crippen LogP contribution in [-0.2, 0) is 6.54 Å². The Hall–Kier alpha value is -1.62. The molecule has 0 aliphatic rings. The summed E-state index contributed by atoms with van der Waals surface area (Å²) in [5.41, 5.74) is 7.37. The SMILES string of the molecule is CC(C)C(C)Cn1nnnc1-c1ccc(Cl)cc1N. The molecule has 1 aromatic heterocycles. The summed E-state index contributed by atoms with van der Waals surface area (Å²) in [5.74, 6) is 1.73. The van der Waals surface area contributed by atoms with E-state index in [2.05, 4.69) is 36.3 Å². The largest absolute Gasteiger partial charge is 0.398 e. The molecule has 0 saturated heterocycles. The molecule has 0 aliphatic carbocycles. The first-order chi connectivity index (χ1) is 8.99. The van der Waals surface area contributed by atoms with E-state index in [0.29, 0.717) is 28.4 Å². The highest BCUT2D eigenvalue weighted by Crippen LogP contribution is 2.27. The third kappa shape index (κ3) is 3.04. The molecule has 19 heavy (non-hydrogen) atoms. The Labute approximate surface area is 117 Å². The van der Waals surface area contributed by atoms with Gasteiger partial charge in [0.05, 0.1) is 0 Å². The first-order valence-corrected chi connectivity index (χ1v) is 6.68. The van der Waals surface area contributed by atoms with Crippen molar-refractivity contribution in [2.75, 3.05) is 5.73 Å². The minimum Gasteiger partial charge on any atom is -0.398 e. The monoisotopic (exact) mass is 279 g/mol. The van der Waals surface area contributed by atoms with Crippen LogP contribution in [0.1, 0.15) is 20.8 Å². The van der Waals surface area contributed by atoms with Crippen LogP contribution in [0, 0.1) is 11.8 Å². The van der Waals surface area contributed by atoms with E-state index in [4.69, 9.17) is 17.3 Å². The summed E-state index contributed by atoms with van der Waals surface area (Å²) in [7, 11) is 0. The van der Waals surface area contributed by atoms with E-state index in [9.17, 15) is 0 Å². The van der Waals surface area contributed by atoms with Gasteiger partial charge in [0, 0.05) is 22.8 Å². The maximum absolute atomic E-state index is 5.98. The first-order valence-electron chi connectivity index (χ1n) is 6.30. The molecule has 2 rings (SSSR count). The zero-order chi connectivity index (χ0) is 14.0. The zero-order valence-corrected chi connectivity index (χ0v) is 12.1. The van der Waals surface area contributed by atoms with Crippen LogP contribution in [0.4, 0.5) is 5.69 Å². The second-order valence-electron chi connectivity index (χ2n) is 5.14. The number of halogens is 1. The van der Waals surface area contributed by atoms with Gasteiger partial charge >= 0.3 is 0 Å². The van der Waals surface area contributed by atoms with Crippen molar-refractivity contribution < 1.29 is 0 Å². The minimum absolute atomic E-state index is 0.482. The normalized spacial score (nSPS) is 12.9. The van der Waals surface area contributed by atoms with Crippen LogP contribution >= 0.6 is 11.6 Å². The van der Waals surface area contributed by atoms with Crippen molar-refractivity contribution in [1.29, 1.82) is 0 Å². The number of hydrogen-bond acceptors (Lipinski definition) is 4. The quantitative estimate of drug-likeness (QED) is 0.874. The fourth-order valence-electron chi connectivity index (χ4n) is 1.74. The Bertz CT molecular complexity index is 564. The summed E-state index contributed by atoms with van der Waals surface area (Å²) in [6, 6.07) is 5.35. The predicted molar refractivity (Wildman–Crippen MR) is 76.7 cm³/mol. The van der Waals surface area contributed by atoms with Gasteiger partial charge in [-0.2, -0.15) is 0 Å². The Balaban J connectivity index is 2.33. The lowest BCUT2D eigenvalue weighted by atomic mass is 9.98. The highest BCUT2D eigenvalue weighted by molar-refractivity contribution is 6.31. The van der Waals surface area contributed by atoms with E-state index in [1.807, 2.05) is 6.07 Å². The van der Waals surface area contributed by atoms with Gasteiger partial charge in [-0.25, -0.2) is 4.68 Å². The molecular formula is C13H18ClN5. The molecule has 1 heterocycles. The van der Waals surface area contributed by atoms with E-state index in [1.165, 1.54) is 0 Å². The van der Waals surface area contributed by atoms with Gasteiger partial charge in [-0.3, -0.25) is 0 Å². The van der Waals surface area contributed by atoms with Gasteiger partial charge in [0.2, 0.25) is 0 Å². The van der Waals surface area contributed by atoms with Crippen molar-refractivity contribution in [2.24, 2.45) is 11.8 Å². The molecular weight excluding hydrogens is 262 g/mol. The van der Waals surface area contributed by atoms with Gasteiger partial charge in [-0.15, -0.1) is 5.10 Å². The van der Waals surface area contributed by atoms with E-state index in [0.717, 1.165) is 12.1 Å². The average Bonchev–Trinajstić information content (AvgIpc) is 2.77. The number of nitrogens with two attached hydrogens (primary N) is 1. The fraction of sp³-hybridized carbons (Fsp3) is 0.462. The highest BCUT2D eigenvalue weighted by atomic mass is 35.5. The average molecular weight is 280 g/mol. The number of nitrogen functional groups attached to an aromatic ring is 1. The van der Waals surface area contributed by atoms with Gasteiger partial charge in [0.15, 0.2) is 5.82 Å². The van der Waals surface area contributed by atoms with Crippen molar-refractivity contribution in [2.45, 2.75) is 27.3 Å². The van der Waals surface area contributed by atoms with Gasteiger partial charge in [0.25, 0.3) is 0 Å². The molecule has 0 saturated carbocycles.